The summed E-state index contributed by atoms with van der Waals surface area (Å²) < 4.78 is 36.9. The average molecular weight is 187 g/mol. The van der Waals surface area contributed by atoms with Gasteiger partial charge in [-0.25, -0.2) is 9.55 Å². The van der Waals surface area contributed by atoms with E-state index in [9.17, 15) is 13.2 Å². The first-order chi connectivity index (χ1) is 6.09. The van der Waals surface area contributed by atoms with Crippen LogP contribution >= 0.6 is 0 Å². The van der Waals surface area contributed by atoms with Gasteiger partial charge >= 0.3 is 6.30 Å². The molecule has 0 aliphatic heterocycles. The Bertz CT molecular complexity index is 432. The molecule has 6 heteroatoms. The van der Waals surface area contributed by atoms with E-state index in [1.165, 1.54) is 18.5 Å². The highest BCUT2D eigenvalue weighted by Crippen LogP contribution is 2.26. The van der Waals surface area contributed by atoms with Crippen LogP contribution in [0.3, 0.4) is 0 Å². The maximum Gasteiger partial charge on any atom is 0.490 e. The number of aromatic nitrogens is 3. The van der Waals surface area contributed by atoms with Gasteiger partial charge in [-0.3, -0.25) is 4.98 Å². The molecule has 2 aromatic rings. The van der Waals surface area contributed by atoms with Crippen LogP contribution in [0.25, 0.3) is 11.0 Å². The average Bonchev–Trinajstić information content (AvgIpc) is 2.45. The van der Waals surface area contributed by atoms with Gasteiger partial charge in [0.25, 0.3) is 0 Å². The second kappa shape index (κ2) is 2.45. The summed E-state index contributed by atoms with van der Waals surface area (Å²) >= 11 is 0. The van der Waals surface area contributed by atoms with Crippen LogP contribution in [0.4, 0.5) is 13.2 Å². The zero-order chi connectivity index (χ0) is 9.47. The third-order valence-electron chi connectivity index (χ3n) is 1.62. The first-order valence-corrected chi connectivity index (χ1v) is 3.43. The van der Waals surface area contributed by atoms with E-state index in [-0.39, 0.29) is 15.6 Å². The van der Waals surface area contributed by atoms with Gasteiger partial charge in [-0.2, -0.15) is 0 Å². The predicted octanol–water partition coefficient (Wildman–Crippen LogP) is 1.91. The molecule has 2 aromatic heterocycles. The minimum absolute atomic E-state index is 0.0162. The van der Waals surface area contributed by atoms with Gasteiger partial charge in [0.15, 0.2) is 0 Å². The molecule has 0 bridgehead atoms. The Labute approximate surface area is 70.8 Å². The Kier molecular flexibility index (Phi) is 1.51. The molecule has 68 valence electrons. The standard InChI is InChI=1S/C7H4F3N3/c8-7(9,10)13-4-12-5-3-11-2-1-6(5)13/h1-4H. The van der Waals surface area contributed by atoms with Gasteiger partial charge in [0.2, 0.25) is 0 Å². The first-order valence-electron chi connectivity index (χ1n) is 3.43. The fourth-order valence-electron chi connectivity index (χ4n) is 1.07. The Morgan fingerprint density at radius 3 is 2.77 bits per heavy atom. The van der Waals surface area contributed by atoms with Crippen molar-refractivity contribution in [1.82, 2.24) is 14.5 Å². The van der Waals surface area contributed by atoms with Crippen LogP contribution in [-0.2, 0) is 6.30 Å². The number of nitrogens with zero attached hydrogens (tertiary/aromatic N) is 3. The monoisotopic (exact) mass is 187 g/mol. The van der Waals surface area contributed by atoms with Crippen molar-refractivity contribution >= 4 is 11.0 Å². The molecule has 0 aliphatic rings. The third kappa shape index (κ3) is 1.24. The second-order valence-electron chi connectivity index (χ2n) is 2.45. The highest BCUT2D eigenvalue weighted by atomic mass is 19.4. The van der Waals surface area contributed by atoms with Crippen LogP contribution in [0.15, 0.2) is 24.8 Å². The van der Waals surface area contributed by atoms with Crippen molar-refractivity contribution < 1.29 is 13.2 Å². The van der Waals surface area contributed by atoms with Gasteiger partial charge in [0.05, 0.1) is 11.7 Å². The normalized spacial score (nSPS) is 12.2. The van der Waals surface area contributed by atoms with E-state index in [1.807, 2.05) is 0 Å². The van der Waals surface area contributed by atoms with Gasteiger partial charge in [0, 0.05) is 6.20 Å². The quantitative estimate of drug-likeness (QED) is 0.630. The van der Waals surface area contributed by atoms with Crippen LogP contribution < -0.4 is 0 Å². The smallest absolute Gasteiger partial charge is 0.262 e. The van der Waals surface area contributed by atoms with Gasteiger partial charge in [-0.15, -0.1) is 13.2 Å². The number of imidazole rings is 1. The zero-order valence-electron chi connectivity index (χ0n) is 6.28. The van der Waals surface area contributed by atoms with Crippen LogP contribution in [0.2, 0.25) is 0 Å². The topological polar surface area (TPSA) is 30.7 Å². The highest BCUT2D eigenvalue weighted by molar-refractivity contribution is 5.73. The molecule has 3 nitrogen and oxygen atoms in total. The van der Waals surface area contributed by atoms with Crippen molar-refractivity contribution in [3.63, 3.8) is 0 Å². The summed E-state index contributed by atoms with van der Waals surface area (Å²) in [6, 6.07) is 1.27. The fourth-order valence-corrected chi connectivity index (χ4v) is 1.07. The molecule has 0 radical (unpaired) electrons. The highest BCUT2D eigenvalue weighted by Gasteiger charge is 2.31. The third-order valence-corrected chi connectivity index (χ3v) is 1.62. The summed E-state index contributed by atoms with van der Waals surface area (Å²) in [5.41, 5.74) is 0.252. The van der Waals surface area contributed by atoms with Crippen molar-refractivity contribution in [2.75, 3.05) is 0 Å². The summed E-state index contributed by atoms with van der Waals surface area (Å²) in [7, 11) is 0. The maximum atomic E-state index is 12.3. The van der Waals surface area contributed by atoms with E-state index >= 15 is 0 Å². The molecule has 0 saturated carbocycles. The molecule has 13 heavy (non-hydrogen) atoms. The number of alkyl halides is 3. The van der Waals surface area contributed by atoms with E-state index in [1.54, 1.807) is 0 Å². The van der Waals surface area contributed by atoms with E-state index < -0.39 is 6.30 Å². The maximum absolute atomic E-state index is 12.3. The van der Waals surface area contributed by atoms with Crippen molar-refractivity contribution in [2.45, 2.75) is 6.30 Å². The fraction of sp³-hybridized carbons (Fsp3) is 0.143. The molecule has 0 unspecified atom stereocenters. The SMILES string of the molecule is FC(F)(F)n1cnc2cnccc21. The molecule has 0 aromatic carbocycles. The first kappa shape index (κ1) is 8.03. The lowest BCUT2D eigenvalue weighted by Crippen LogP contribution is -2.14. The number of fused-ring (bicyclic) bond motifs is 1. The van der Waals surface area contributed by atoms with Gasteiger partial charge in [-0.1, -0.05) is 0 Å². The van der Waals surface area contributed by atoms with Crippen LogP contribution in [0.1, 0.15) is 0 Å². The largest absolute Gasteiger partial charge is 0.490 e. The summed E-state index contributed by atoms with van der Waals surface area (Å²) in [6.45, 7) is 0. The van der Waals surface area contributed by atoms with Gasteiger partial charge in [-0.05, 0) is 6.07 Å². The molecule has 0 atom stereocenters. The van der Waals surface area contributed by atoms with E-state index in [2.05, 4.69) is 9.97 Å². The van der Waals surface area contributed by atoms with E-state index in [0.717, 1.165) is 6.33 Å². The van der Waals surface area contributed by atoms with Crippen molar-refractivity contribution in [3.8, 4) is 0 Å². The summed E-state index contributed by atoms with van der Waals surface area (Å²) in [5, 5.41) is 0. The molecular weight excluding hydrogens is 183 g/mol. The summed E-state index contributed by atoms with van der Waals surface area (Å²) in [5.74, 6) is 0. The van der Waals surface area contributed by atoms with Crippen LogP contribution in [0, 0.1) is 0 Å². The zero-order valence-corrected chi connectivity index (χ0v) is 6.28. The molecule has 0 fully saturated rings. The Balaban J connectivity index is 2.72. The van der Waals surface area contributed by atoms with E-state index in [0.29, 0.717) is 0 Å². The molecule has 0 N–H and O–H groups in total. The summed E-state index contributed by atoms with van der Waals surface area (Å²) in [4.78, 5) is 7.23. The van der Waals surface area contributed by atoms with Gasteiger partial charge in [0.1, 0.15) is 11.8 Å². The number of pyridine rings is 1. The van der Waals surface area contributed by atoms with Crippen molar-refractivity contribution in [2.24, 2.45) is 0 Å². The Hall–Kier alpha value is -1.59. The lowest BCUT2D eigenvalue weighted by atomic mass is 10.4. The molecule has 0 saturated heterocycles. The lowest BCUT2D eigenvalue weighted by molar-refractivity contribution is -0.201. The number of hydrogen-bond donors (Lipinski definition) is 0. The molecule has 0 aliphatic carbocycles. The Morgan fingerprint density at radius 2 is 2.08 bits per heavy atom. The Morgan fingerprint density at radius 1 is 1.31 bits per heavy atom. The van der Waals surface area contributed by atoms with Crippen LogP contribution in [0.5, 0.6) is 0 Å². The molecular formula is C7H4F3N3. The lowest BCUT2D eigenvalue weighted by Gasteiger charge is -2.06. The van der Waals surface area contributed by atoms with Crippen molar-refractivity contribution in [1.29, 1.82) is 0 Å². The second-order valence-corrected chi connectivity index (χ2v) is 2.45. The molecule has 0 spiro atoms. The number of hydrogen-bond acceptors (Lipinski definition) is 2. The van der Waals surface area contributed by atoms with E-state index in [4.69, 9.17) is 0 Å². The number of halogens is 3. The minimum atomic E-state index is -4.42. The van der Waals surface area contributed by atoms with Crippen LogP contribution in [-0.4, -0.2) is 14.5 Å². The predicted molar refractivity (Wildman–Crippen MR) is 38.8 cm³/mol. The minimum Gasteiger partial charge on any atom is -0.262 e. The van der Waals surface area contributed by atoms with Crippen molar-refractivity contribution in [3.05, 3.63) is 24.8 Å². The van der Waals surface area contributed by atoms with Gasteiger partial charge < -0.3 is 0 Å². The molecule has 2 heterocycles. The molecule has 0 amide bonds. The molecule has 2 rings (SSSR count). The number of rotatable bonds is 0. The summed E-state index contributed by atoms with van der Waals surface area (Å²) in [6.07, 6.45) is -1.09.